The summed E-state index contributed by atoms with van der Waals surface area (Å²) >= 11 is 6.59. The van der Waals surface area contributed by atoms with Crippen molar-refractivity contribution in [2.24, 2.45) is 0 Å². The van der Waals surface area contributed by atoms with Crippen LogP contribution in [0, 0.1) is 0 Å². The summed E-state index contributed by atoms with van der Waals surface area (Å²) < 4.78 is 26.9. The molecule has 0 spiro atoms. The van der Waals surface area contributed by atoms with Crippen LogP contribution in [0.1, 0.15) is 13.3 Å². The van der Waals surface area contributed by atoms with Crippen molar-refractivity contribution in [3.63, 3.8) is 0 Å². The van der Waals surface area contributed by atoms with E-state index in [4.69, 9.17) is 0 Å². The lowest BCUT2D eigenvalue weighted by molar-refractivity contribution is 0.578. The molecule has 1 aromatic carbocycles. The van der Waals surface area contributed by atoms with Gasteiger partial charge in [0.05, 0.1) is 4.90 Å². The van der Waals surface area contributed by atoms with Gasteiger partial charge in [0.15, 0.2) is 0 Å². The van der Waals surface area contributed by atoms with E-state index in [0.29, 0.717) is 15.8 Å². The molecule has 0 saturated carbocycles. The van der Waals surface area contributed by atoms with Gasteiger partial charge >= 0.3 is 0 Å². The fraction of sp³-hybridized carbons (Fsp3) is 0.400. The van der Waals surface area contributed by atoms with Crippen LogP contribution in [0.3, 0.4) is 0 Å². The second-order valence-corrected chi connectivity index (χ2v) is 7.55. The third-order valence-corrected chi connectivity index (χ3v) is 4.89. The Morgan fingerprint density at radius 2 is 2.00 bits per heavy atom. The van der Waals surface area contributed by atoms with Gasteiger partial charge in [0, 0.05) is 15.8 Å². The van der Waals surface area contributed by atoms with E-state index in [0.717, 1.165) is 6.42 Å². The average Bonchev–Trinajstić information content (AvgIpc) is 2.17. The lowest BCUT2D eigenvalue weighted by Crippen LogP contribution is -2.26. The van der Waals surface area contributed by atoms with Crippen LogP contribution in [0.15, 0.2) is 33.6 Å². The molecule has 90 valence electrons. The van der Waals surface area contributed by atoms with Crippen LogP contribution in [-0.2, 0) is 10.0 Å². The number of rotatable bonds is 5. The Kier molecular flexibility index (Phi) is 5.43. The number of hydrogen-bond acceptors (Lipinski definition) is 2. The van der Waals surface area contributed by atoms with Crippen LogP contribution in [0.5, 0.6) is 0 Å². The molecule has 0 amide bonds. The van der Waals surface area contributed by atoms with Gasteiger partial charge in [-0.05, 0) is 34.5 Å². The molecule has 6 heteroatoms. The normalized spacial score (nSPS) is 13.7. The zero-order chi connectivity index (χ0) is 12.2. The number of nitrogens with one attached hydrogen (secondary N) is 1. The molecule has 3 nitrogen and oxygen atoms in total. The maximum Gasteiger partial charge on any atom is 0.241 e. The highest BCUT2D eigenvalue weighted by atomic mass is 79.9. The summed E-state index contributed by atoms with van der Waals surface area (Å²) in [6, 6.07) is 6.77. The summed E-state index contributed by atoms with van der Waals surface area (Å²) in [5.74, 6) is 0. The molecule has 1 atom stereocenters. The molecular formula is C10H13Br2NO2S. The summed E-state index contributed by atoms with van der Waals surface area (Å²) in [7, 11) is -3.40. The Labute approximate surface area is 113 Å². The molecule has 0 aliphatic carbocycles. The van der Waals surface area contributed by atoms with Gasteiger partial charge in [-0.3, -0.25) is 0 Å². The monoisotopic (exact) mass is 369 g/mol. The minimum Gasteiger partial charge on any atom is -0.211 e. The van der Waals surface area contributed by atoms with Gasteiger partial charge in [-0.15, -0.1) is 0 Å². The number of halogens is 2. The van der Waals surface area contributed by atoms with E-state index in [-0.39, 0.29) is 4.90 Å². The molecule has 0 heterocycles. The molecule has 0 bridgehead atoms. The van der Waals surface area contributed by atoms with Crippen LogP contribution >= 0.6 is 31.9 Å². The van der Waals surface area contributed by atoms with Crippen LogP contribution in [0.2, 0.25) is 0 Å². The van der Waals surface area contributed by atoms with Crippen molar-refractivity contribution < 1.29 is 8.42 Å². The van der Waals surface area contributed by atoms with Gasteiger partial charge in [-0.1, -0.05) is 35.0 Å². The van der Waals surface area contributed by atoms with Crippen molar-refractivity contribution in [1.82, 2.24) is 4.72 Å². The maximum atomic E-state index is 11.9. The van der Waals surface area contributed by atoms with Crippen LogP contribution in [0.25, 0.3) is 0 Å². The van der Waals surface area contributed by atoms with E-state index in [1.807, 2.05) is 6.92 Å². The Bertz CT molecular complexity index is 446. The van der Waals surface area contributed by atoms with Crippen molar-refractivity contribution in [2.45, 2.75) is 23.1 Å². The van der Waals surface area contributed by atoms with Gasteiger partial charge in [0.25, 0.3) is 0 Å². The number of benzene rings is 1. The molecule has 0 aliphatic heterocycles. The molecule has 0 fully saturated rings. The van der Waals surface area contributed by atoms with E-state index >= 15 is 0 Å². The molecule has 0 saturated heterocycles. The molecule has 0 aromatic heterocycles. The first-order valence-electron chi connectivity index (χ1n) is 4.82. The first-order valence-corrected chi connectivity index (χ1v) is 8.01. The smallest absolute Gasteiger partial charge is 0.211 e. The van der Waals surface area contributed by atoms with Gasteiger partial charge in [0.2, 0.25) is 10.0 Å². The first-order chi connectivity index (χ1) is 7.43. The third kappa shape index (κ3) is 4.16. The second kappa shape index (κ2) is 6.14. The molecule has 16 heavy (non-hydrogen) atoms. The van der Waals surface area contributed by atoms with Crippen molar-refractivity contribution in [1.29, 1.82) is 0 Å². The zero-order valence-corrected chi connectivity index (χ0v) is 12.8. The van der Waals surface area contributed by atoms with Crippen molar-refractivity contribution in [2.75, 3.05) is 6.54 Å². The minimum atomic E-state index is -3.40. The summed E-state index contributed by atoms with van der Waals surface area (Å²) in [6.45, 7) is 2.41. The standard InChI is InChI=1S/C10H13Br2NO2S/c1-8(11)6-7-13-16(14,15)10-5-3-2-4-9(10)12/h2-5,8,13H,6-7H2,1H3. The molecule has 1 aromatic rings. The summed E-state index contributed by atoms with van der Waals surface area (Å²) in [5.41, 5.74) is 0. The average molecular weight is 371 g/mol. The predicted molar refractivity (Wildman–Crippen MR) is 72.3 cm³/mol. The zero-order valence-electron chi connectivity index (χ0n) is 8.78. The van der Waals surface area contributed by atoms with Gasteiger partial charge in [-0.25, -0.2) is 13.1 Å². The third-order valence-electron chi connectivity index (χ3n) is 1.96. The minimum absolute atomic E-state index is 0.275. The Balaban J connectivity index is 2.75. The molecule has 1 unspecified atom stereocenters. The molecule has 0 aliphatic rings. The molecule has 1 N–H and O–H groups in total. The SMILES string of the molecule is CC(Br)CCNS(=O)(=O)c1ccccc1Br. The lowest BCUT2D eigenvalue weighted by atomic mass is 10.3. The maximum absolute atomic E-state index is 11.9. The number of alkyl halides is 1. The van der Waals surface area contributed by atoms with Crippen molar-refractivity contribution in [3.8, 4) is 0 Å². The van der Waals surface area contributed by atoms with E-state index in [1.54, 1.807) is 24.3 Å². The van der Waals surface area contributed by atoms with Crippen molar-refractivity contribution in [3.05, 3.63) is 28.7 Å². The van der Waals surface area contributed by atoms with E-state index < -0.39 is 10.0 Å². The van der Waals surface area contributed by atoms with E-state index in [2.05, 4.69) is 36.6 Å². The molecule has 1 rings (SSSR count). The highest BCUT2D eigenvalue weighted by Gasteiger charge is 2.16. The van der Waals surface area contributed by atoms with Gasteiger partial charge in [0.1, 0.15) is 0 Å². The highest BCUT2D eigenvalue weighted by Crippen LogP contribution is 2.20. The lowest BCUT2D eigenvalue weighted by Gasteiger charge is -2.08. The molecular weight excluding hydrogens is 358 g/mol. The van der Waals surface area contributed by atoms with Crippen molar-refractivity contribution >= 4 is 41.9 Å². The fourth-order valence-corrected chi connectivity index (χ4v) is 3.41. The number of hydrogen-bond donors (Lipinski definition) is 1. The second-order valence-electron chi connectivity index (χ2n) is 3.40. The predicted octanol–water partition coefficient (Wildman–Crippen LogP) is 2.90. The van der Waals surface area contributed by atoms with E-state index in [9.17, 15) is 8.42 Å². The first kappa shape index (κ1) is 14.2. The van der Waals surface area contributed by atoms with Gasteiger partial charge < -0.3 is 0 Å². The number of sulfonamides is 1. The summed E-state index contributed by atoms with van der Waals surface area (Å²) in [4.78, 5) is 0.576. The Hall–Kier alpha value is 0.0900. The summed E-state index contributed by atoms with van der Waals surface area (Å²) in [5, 5.41) is 0. The van der Waals surface area contributed by atoms with Crippen LogP contribution < -0.4 is 4.72 Å². The Morgan fingerprint density at radius 3 is 2.56 bits per heavy atom. The fourth-order valence-electron chi connectivity index (χ4n) is 1.13. The quantitative estimate of drug-likeness (QED) is 0.810. The van der Waals surface area contributed by atoms with E-state index in [1.165, 1.54) is 0 Å². The summed E-state index contributed by atoms with van der Waals surface area (Å²) in [6.07, 6.45) is 0.754. The van der Waals surface area contributed by atoms with Crippen LogP contribution in [0.4, 0.5) is 0 Å². The van der Waals surface area contributed by atoms with Crippen LogP contribution in [-0.4, -0.2) is 19.8 Å². The highest BCUT2D eigenvalue weighted by molar-refractivity contribution is 9.10. The van der Waals surface area contributed by atoms with Gasteiger partial charge in [-0.2, -0.15) is 0 Å². The topological polar surface area (TPSA) is 46.2 Å². The largest absolute Gasteiger partial charge is 0.241 e. The molecule has 0 radical (unpaired) electrons. The Morgan fingerprint density at radius 1 is 1.38 bits per heavy atom.